The first-order chi connectivity index (χ1) is 11.3. The third-order valence-electron chi connectivity index (χ3n) is 3.56. The minimum atomic E-state index is -3.71. The summed E-state index contributed by atoms with van der Waals surface area (Å²) >= 11 is 0. The molecule has 2 N–H and O–H groups in total. The van der Waals surface area contributed by atoms with E-state index in [0.29, 0.717) is 23.4 Å². The van der Waals surface area contributed by atoms with Gasteiger partial charge in [-0.25, -0.2) is 8.42 Å². The van der Waals surface area contributed by atoms with Gasteiger partial charge in [0.15, 0.2) is 0 Å². The Hall–Kier alpha value is -2.60. The van der Waals surface area contributed by atoms with E-state index in [1.807, 2.05) is 6.92 Å². The fourth-order valence-corrected chi connectivity index (χ4v) is 3.30. The van der Waals surface area contributed by atoms with Gasteiger partial charge in [-0.05, 0) is 43.7 Å². The minimum Gasteiger partial charge on any atom is -0.349 e. The zero-order valence-electron chi connectivity index (χ0n) is 13.7. The molecule has 0 saturated carbocycles. The summed E-state index contributed by atoms with van der Waals surface area (Å²) in [6, 6.07) is 11.5. The Balaban J connectivity index is 2.31. The second-order valence-electron chi connectivity index (χ2n) is 5.40. The molecule has 0 fully saturated rings. The number of hydrogen-bond donors (Lipinski definition) is 2. The van der Waals surface area contributed by atoms with E-state index >= 15 is 0 Å². The molecular weight excluding hydrogens is 324 g/mol. The number of nitrogens with one attached hydrogen (secondary N) is 2. The topological polar surface area (TPSA) is 75.3 Å². The molecule has 24 heavy (non-hydrogen) atoms. The lowest BCUT2D eigenvalue weighted by Crippen LogP contribution is -2.24. The summed E-state index contributed by atoms with van der Waals surface area (Å²) in [7, 11) is -3.71. The molecule has 0 aliphatic heterocycles. The molecule has 0 aliphatic carbocycles. The Morgan fingerprint density at radius 3 is 2.42 bits per heavy atom. The second kappa shape index (κ2) is 7.31. The van der Waals surface area contributed by atoms with Crippen LogP contribution >= 0.6 is 0 Å². The maximum atomic E-state index is 12.5. The number of hydrogen-bond acceptors (Lipinski definition) is 3. The summed E-state index contributed by atoms with van der Waals surface area (Å²) in [4.78, 5) is 12.3. The maximum Gasteiger partial charge on any atom is 0.261 e. The quantitative estimate of drug-likeness (QED) is 0.791. The number of carbonyl (C=O) groups excluding carboxylic acids is 1. The lowest BCUT2D eigenvalue weighted by atomic mass is 10.1. The van der Waals surface area contributed by atoms with Crippen molar-refractivity contribution in [1.82, 2.24) is 5.32 Å². The highest BCUT2D eigenvalue weighted by molar-refractivity contribution is 7.92. The van der Waals surface area contributed by atoms with Crippen LogP contribution in [0.1, 0.15) is 21.5 Å². The van der Waals surface area contributed by atoms with Gasteiger partial charge in [-0.1, -0.05) is 29.8 Å². The van der Waals surface area contributed by atoms with E-state index in [1.54, 1.807) is 55.5 Å². The molecule has 0 aliphatic rings. The summed E-state index contributed by atoms with van der Waals surface area (Å²) in [5, 5.41) is 2.68. The molecule has 0 saturated heterocycles. The molecule has 0 heterocycles. The van der Waals surface area contributed by atoms with Crippen molar-refractivity contribution in [2.45, 2.75) is 18.7 Å². The molecule has 2 aromatic rings. The number of amides is 1. The number of anilines is 1. The van der Waals surface area contributed by atoms with Crippen molar-refractivity contribution in [3.63, 3.8) is 0 Å². The van der Waals surface area contributed by atoms with Gasteiger partial charge in [-0.15, -0.1) is 6.58 Å². The summed E-state index contributed by atoms with van der Waals surface area (Å²) in [6.45, 7) is 7.49. The molecule has 1 amide bonds. The Morgan fingerprint density at radius 1 is 1.12 bits per heavy atom. The van der Waals surface area contributed by atoms with Crippen molar-refractivity contribution < 1.29 is 13.2 Å². The van der Waals surface area contributed by atoms with E-state index in [1.165, 1.54) is 0 Å². The highest BCUT2D eigenvalue weighted by Gasteiger charge is 2.17. The van der Waals surface area contributed by atoms with Gasteiger partial charge < -0.3 is 5.32 Å². The summed E-state index contributed by atoms with van der Waals surface area (Å²) in [5.74, 6) is -0.274. The molecule has 0 spiro atoms. The number of carbonyl (C=O) groups is 1. The normalized spacial score (nSPS) is 10.9. The number of rotatable bonds is 6. The monoisotopic (exact) mass is 344 g/mol. The molecule has 0 radical (unpaired) electrons. The fourth-order valence-electron chi connectivity index (χ4n) is 2.17. The summed E-state index contributed by atoms with van der Waals surface area (Å²) < 4.78 is 27.5. The molecule has 2 rings (SSSR count). The van der Waals surface area contributed by atoms with Gasteiger partial charge in [0, 0.05) is 12.1 Å². The van der Waals surface area contributed by atoms with Gasteiger partial charge in [0.05, 0.1) is 10.6 Å². The molecule has 2 aromatic carbocycles. The first kappa shape index (κ1) is 17.7. The van der Waals surface area contributed by atoms with Crippen molar-refractivity contribution in [2.24, 2.45) is 0 Å². The Morgan fingerprint density at radius 2 is 1.79 bits per heavy atom. The van der Waals surface area contributed by atoms with Crippen molar-refractivity contribution in [2.75, 3.05) is 11.3 Å². The van der Waals surface area contributed by atoms with Crippen LogP contribution < -0.4 is 10.0 Å². The van der Waals surface area contributed by atoms with E-state index in [-0.39, 0.29) is 10.8 Å². The van der Waals surface area contributed by atoms with Crippen molar-refractivity contribution in [1.29, 1.82) is 0 Å². The molecule has 6 heteroatoms. The van der Waals surface area contributed by atoms with Crippen LogP contribution in [0.4, 0.5) is 5.69 Å². The van der Waals surface area contributed by atoms with Crippen LogP contribution in [-0.4, -0.2) is 20.9 Å². The molecule has 126 valence electrons. The summed E-state index contributed by atoms with van der Waals surface area (Å²) in [6.07, 6.45) is 1.58. The SMILES string of the molecule is C=CCNC(=O)c1cccc(NS(=O)(=O)c2ccc(C)cc2)c1C. The first-order valence-electron chi connectivity index (χ1n) is 7.43. The highest BCUT2D eigenvalue weighted by Crippen LogP contribution is 2.22. The van der Waals surface area contributed by atoms with Crippen LogP contribution in [0, 0.1) is 13.8 Å². The van der Waals surface area contributed by atoms with Crippen LogP contribution in [-0.2, 0) is 10.0 Å². The lowest BCUT2D eigenvalue weighted by Gasteiger charge is -2.13. The predicted octanol–water partition coefficient (Wildman–Crippen LogP) is 3.02. The summed E-state index contributed by atoms with van der Waals surface area (Å²) in [5.41, 5.74) is 2.34. The largest absolute Gasteiger partial charge is 0.349 e. The van der Waals surface area contributed by atoms with E-state index < -0.39 is 10.0 Å². The number of aryl methyl sites for hydroxylation is 1. The van der Waals surface area contributed by atoms with Crippen molar-refractivity contribution in [3.8, 4) is 0 Å². The van der Waals surface area contributed by atoms with Gasteiger partial charge >= 0.3 is 0 Å². The molecule has 0 bridgehead atoms. The third kappa shape index (κ3) is 4.02. The van der Waals surface area contributed by atoms with Gasteiger partial charge in [0.2, 0.25) is 0 Å². The molecule has 0 unspecified atom stereocenters. The molecule has 0 aromatic heterocycles. The van der Waals surface area contributed by atoms with Crippen LogP contribution in [0.3, 0.4) is 0 Å². The van der Waals surface area contributed by atoms with Crippen molar-refractivity contribution >= 4 is 21.6 Å². The smallest absolute Gasteiger partial charge is 0.261 e. The lowest BCUT2D eigenvalue weighted by molar-refractivity contribution is 0.0957. The van der Waals surface area contributed by atoms with Gasteiger partial charge in [0.1, 0.15) is 0 Å². The molecular formula is C18H20N2O3S. The average Bonchev–Trinajstić information content (AvgIpc) is 2.55. The van der Waals surface area contributed by atoms with E-state index in [4.69, 9.17) is 0 Å². The predicted molar refractivity (Wildman–Crippen MR) is 95.7 cm³/mol. The molecule has 0 atom stereocenters. The van der Waals surface area contributed by atoms with E-state index in [0.717, 1.165) is 5.56 Å². The fraction of sp³-hybridized carbons (Fsp3) is 0.167. The number of sulfonamides is 1. The van der Waals surface area contributed by atoms with Gasteiger partial charge in [-0.2, -0.15) is 0 Å². The zero-order valence-corrected chi connectivity index (χ0v) is 14.5. The van der Waals surface area contributed by atoms with Gasteiger partial charge in [0.25, 0.3) is 15.9 Å². The maximum absolute atomic E-state index is 12.5. The van der Waals surface area contributed by atoms with E-state index in [9.17, 15) is 13.2 Å². The molecule has 5 nitrogen and oxygen atoms in total. The van der Waals surface area contributed by atoms with Crippen LogP contribution in [0.2, 0.25) is 0 Å². The minimum absolute atomic E-state index is 0.175. The second-order valence-corrected chi connectivity index (χ2v) is 7.08. The standard InChI is InChI=1S/C18H20N2O3S/c1-4-12-19-18(21)16-6-5-7-17(14(16)3)20-24(22,23)15-10-8-13(2)9-11-15/h4-11,20H,1,12H2,2-3H3,(H,19,21). The Kier molecular flexibility index (Phi) is 5.41. The number of benzene rings is 2. The zero-order chi connectivity index (χ0) is 17.7. The highest BCUT2D eigenvalue weighted by atomic mass is 32.2. The first-order valence-corrected chi connectivity index (χ1v) is 8.91. The average molecular weight is 344 g/mol. The van der Waals surface area contributed by atoms with Crippen LogP contribution in [0.5, 0.6) is 0 Å². The van der Waals surface area contributed by atoms with E-state index in [2.05, 4.69) is 16.6 Å². The third-order valence-corrected chi connectivity index (χ3v) is 4.94. The Bertz CT molecular complexity index is 856. The van der Waals surface area contributed by atoms with Gasteiger partial charge in [-0.3, -0.25) is 9.52 Å². The van der Waals surface area contributed by atoms with Crippen LogP contribution in [0.15, 0.2) is 60.0 Å². The Labute approximate surface area is 142 Å². The van der Waals surface area contributed by atoms with Crippen LogP contribution in [0.25, 0.3) is 0 Å². The van der Waals surface area contributed by atoms with Crippen molar-refractivity contribution in [3.05, 3.63) is 71.8 Å².